The second kappa shape index (κ2) is 5.61. The van der Waals surface area contributed by atoms with E-state index in [1.54, 1.807) is 26.3 Å². The number of halogens is 1. The van der Waals surface area contributed by atoms with Crippen molar-refractivity contribution in [2.75, 3.05) is 13.7 Å². The highest BCUT2D eigenvalue weighted by atomic mass is 79.9. The average Bonchev–Trinajstić information content (AvgIpc) is 2.71. The van der Waals surface area contributed by atoms with E-state index in [2.05, 4.69) is 20.9 Å². The predicted octanol–water partition coefficient (Wildman–Crippen LogP) is 2.65. The van der Waals surface area contributed by atoms with Crippen LogP contribution < -0.4 is 4.74 Å². The van der Waals surface area contributed by atoms with Crippen LogP contribution in [0.1, 0.15) is 23.0 Å². The Morgan fingerprint density at radius 2 is 2.26 bits per heavy atom. The summed E-state index contributed by atoms with van der Waals surface area (Å²) in [6, 6.07) is 1.81. The van der Waals surface area contributed by atoms with E-state index in [4.69, 9.17) is 9.47 Å². The highest BCUT2D eigenvalue weighted by Gasteiger charge is 2.22. The summed E-state index contributed by atoms with van der Waals surface area (Å²) in [5, 5.41) is 1.30. The van der Waals surface area contributed by atoms with Gasteiger partial charge in [-0.2, -0.15) is 0 Å². The van der Waals surface area contributed by atoms with Crippen LogP contribution in [0, 0.1) is 0 Å². The SMILES string of the molecule is CCOC(=O)c1c(CBr)n(C)c2ncc(OC)cc12. The van der Waals surface area contributed by atoms with E-state index in [-0.39, 0.29) is 5.97 Å². The number of hydrogen-bond acceptors (Lipinski definition) is 4. The van der Waals surface area contributed by atoms with Gasteiger partial charge in [-0.1, -0.05) is 15.9 Å². The van der Waals surface area contributed by atoms with E-state index >= 15 is 0 Å². The minimum atomic E-state index is -0.336. The van der Waals surface area contributed by atoms with Crippen LogP contribution in [0.15, 0.2) is 12.3 Å². The lowest BCUT2D eigenvalue weighted by atomic mass is 10.2. The van der Waals surface area contributed by atoms with Crippen LogP contribution in [0.4, 0.5) is 0 Å². The van der Waals surface area contributed by atoms with Crippen LogP contribution in [0.25, 0.3) is 11.0 Å². The van der Waals surface area contributed by atoms with Gasteiger partial charge in [-0.3, -0.25) is 0 Å². The molecule has 5 nitrogen and oxygen atoms in total. The summed E-state index contributed by atoms with van der Waals surface area (Å²) in [7, 11) is 3.45. The monoisotopic (exact) mass is 326 g/mol. The van der Waals surface area contributed by atoms with Crippen molar-refractivity contribution in [3.63, 3.8) is 0 Å². The molecule has 0 fully saturated rings. The molecule has 0 atom stereocenters. The molecule has 0 aliphatic carbocycles. The van der Waals surface area contributed by atoms with E-state index in [9.17, 15) is 4.79 Å². The molecule has 0 bridgehead atoms. The fraction of sp³-hybridized carbons (Fsp3) is 0.385. The fourth-order valence-electron chi connectivity index (χ4n) is 2.04. The third-order valence-corrected chi connectivity index (χ3v) is 3.50. The first-order valence-corrected chi connectivity index (χ1v) is 7.00. The molecule has 0 unspecified atom stereocenters. The topological polar surface area (TPSA) is 53.4 Å². The molecule has 2 rings (SSSR count). The molecule has 0 N–H and O–H groups in total. The van der Waals surface area contributed by atoms with Gasteiger partial charge in [-0.25, -0.2) is 9.78 Å². The Balaban J connectivity index is 2.73. The molecule has 0 aliphatic rings. The Morgan fingerprint density at radius 3 is 2.84 bits per heavy atom. The predicted molar refractivity (Wildman–Crippen MR) is 75.9 cm³/mol. The molecule has 19 heavy (non-hydrogen) atoms. The van der Waals surface area contributed by atoms with Gasteiger partial charge in [0.25, 0.3) is 0 Å². The number of aromatic nitrogens is 2. The van der Waals surface area contributed by atoms with Crippen molar-refractivity contribution in [3.05, 3.63) is 23.5 Å². The Kier molecular flexibility index (Phi) is 4.09. The first-order chi connectivity index (χ1) is 9.13. The van der Waals surface area contributed by atoms with E-state index in [1.165, 1.54) is 0 Å². The smallest absolute Gasteiger partial charge is 0.340 e. The molecule has 0 aliphatic heterocycles. The van der Waals surface area contributed by atoms with Gasteiger partial charge in [0, 0.05) is 23.5 Å². The van der Waals surface area contributed by atoms with Crippen molar-refractivity contribution in [2.24, 2.45) is 7.05 Å². The lowest BCUT2D eigenvalue weighted by Gasteiger charge is -2.03. The number of carbonyl (C=O) groups excluding carboxylic acids is 1. The molecule has 0 aromatic carbocycles. The van der Waals surface area contributed by atoms with Crippen molar-refractivity contribution in [1.82, 2.24) is 9.55 Å². The lowest BCUT2D eigenvalue weighted by Crippen LogP contribution is -2.07. The van der Waals surface area contributed by atoms with Crippen molar-refractivity contribution in [2.45, 2.75) is 12.3 Å². The molecule has 2 aromatic heterocycles. The van der Waals surface area contributed by atoms with Crippen molar-refractivity contribution < 1.29 is 14.3 Å². The quantitative estimate of drug-likeness (QED) is 0.640. The first-order valence-electron chi connectivity index (χ1n) is 5.88. The Bertz CT molecular complexity index is 622. The number of esters is 1. The summed E-state index contributed by atoms with van der Waals surface area (Å²) in [6.45, 7) is 2.13. The average molecular weight is 327 g/mol. The number of alkyl halides is 1. The zero-order valence-corrected chi connectivity index (χ0v) is 12.7. The highest BCUT2D eigenvalue weighted by Crippen LogP contribution is 2.29. The Labute approximate surface area is 119 Å². The maximum atomic E-state index is 12.1. The molecular formula is C13H15BrN2O3. The van der Waals surface area contributed by atoms with Crippen molar-refractivity contribution in [1.29, 1.82) is 0 Å². The lowest BCUT2D eigenvalue weighted by molar-refractivity contribution is 0.0527. The van der Waals surface area contributed by atoms with Crippen LogP contribution >= 0.6 is 15.9 Å². The molecule has 6 heteroatoms. The number of pyridine rings is 1. The number of aryl methyl sites for hydroxylation is 1. The van der Waals surface area contributed by atoms with Gasteiger partial charge in [0.05, 0.1) is 25.5 Å². The van der Waals surface area contributed by atoms with Gasteiger partial charge >= 0.3 is 5.97 Å². The van der Waals surface area contributed by atoms with E-state index in [0.717, 1.165) is 16.7 Å². The molecule has 102 valence electrons. The normalized spacial score (nSPS) is 10.7. The maximum Gasteiger partial charge on any atom is 0.340 e. The van der Waals surface area contributed by atoms with E-state index in [1.807, 2.05) is 11.6 Å². The van der Waals surface area contributed by atoms with Crippen LogP contribution in [-0.4, -0.2) is 29.2 Å². The van der Waals surface area contributed by atoms with E-state index < -0.39 is 0 Å². The van der Waals surface area contributed by atoms with Gasteiger partial charge in [0.2, 0.25) is 0 Å². The maximum absolute atomic E-state index is 12.1. The van der Waals surface area contributed by atoms with Crippen molar-refractivity contribution >= 4 is 32.9 Å². The number of hydrogen-bond donors (Lipinski definition) is 0. The molecular weight excluding hydrogens is 312 g/mol. The van der Waals surface area contributed by atoms with Crippen LogP contribution in [0.2, 0.25) is 0 Å². The summed E-state index contributed by atoms with van der Waals surface area (Å²) in [5.41, 5.74) is 2.12. The van der Waals surface area contributed by atoms with E-state index in [0.29, 0.717) is 23.2 Å². The molecule has 0 spiro atoms. The molecule has 2 heterocycles. The summed E-state index contributed by atoms with van der Waals surface area (Å²) in [4.78, 5) is 16.5. The largest absolute Gasteiger partial charge is 0.495 e. The molecule has 0 amide bonds. The minimum Gasteiger partial charge on any atom is -0.495 e. The third kappa shape index (κ3) is 2.32. The summed E-state index contributed by atoms with van der Waals surface area (Å²) < 4.78 is 12.2. The zero-order valence-electron chi connectivity index (χ0n) is 11.1. The molecule has 2 aromatic rings. The number of ether oxygens (including phenoxy) is 2. The fourth-order valence-corrected chi connectivity index (χ4v) is 2.70. The minimum absolute atomic E-state index is 0.336. The highest BCUT2D eigenvalue weighted by molar-refractivity contribution is 9.08. The van der Waals surface area contributed by atoms with Gasteiger partial charge < -0.3 is 14.0 Å². The van der Waals surface area contributed by atoms with Gasteiger partial charge in [-0.15, -0.1) is 0 Å². The van der Waals surface area contributed by atoms with Gasteiger partial charge in [0.15, 0.2) is 0 Å². The number of fused-ring (bicyclic) bond motifs is 1. The molecule has 0 saturated heterocycles. The van der Waals surface area contributed by atoms with Gasteiger partial charge in [0.1, 0.15) is 11.4 Å². The Hall–Kier alpha value is -1.56. The zero-order chi connectivity index (χ0) is 14.0. The van der Waals surface area contributed by atoms with Crippen molar-refractivity contribution in [3.8, 4) is 5.75 Å². The van der Waals surface area contributed by atoms with Crippen LogP contribution in [-0.2, 0) is 17.1 Å². The number of rotatable bonds is 4. The molecule has 0 radical (unpaired) electrons. The third-order valence-electron chi connectivity index (χ3n) is 2.96. The van der Waals surface area contributed by atoms with Crippen LogP contribution in [0.5, 0.6) is 5.75 Å². The van der Waals surface area contributed by atoms with Gasteiger partial charge in [-0.05, 0) is 13.0 Å². The number of nitrogens with zero attached hydrogens (tertiary/aromatic N) is 2. The first kappa shape index (κ1) is 13.9. The second-order valence-electron chi connectivity index (χ2n) is 3.98. The number of carbonyl (C=O) groups is 1. The summed E-state index contributed by atoms with van der Waals surface area (Å²) in [6.07, 6.45) is 1.63. The standard InChI is InChI=1S/C13H15BrN2O3/c1-4-19-13(17)11-9-5-8(18-3)7-15-12(9)16(2)10(11)6-14/h5,7H,4,6H2,1-3H3. The molecule has 0 saturated carbocycles. The number of methoxy groups -OCH3 is 1. The Morgan fingerprint density at radius 1 is 1.53 bits per heavy atom. The van der Waals surface area contributed by atoms with Crippen LogP contribution in [0.3, 0.4) is 0 Å². The summed E-state index contributed by atoms with van der Waals surface area (Å²) >= 11 is 3.40. The second-order valence-corrected chi connectivity index (χ2v) is 4.54. The summed E-state index contributed by atoms with van der Waals surface area (Å²) in [5.74, 6) is 0.280.